The van der Waals surface area contributed by atoms with E-state index in [2.05, 4.69) is 5.32 Å². The summed E-state index contributed by atoms with van der Waals surface area (Å²) < 4.78 is 33.3. The Morgan fingerprint density at radius 3 is 2.42 bits per heavy atom. The van der Waals surface area contributed by atoms with Gasteiger partial charge in [-0.2, -0.15) is 0 Å². The predicted molar refractivity (Wildman–Crippen MR) is 126 cm³/mol. The standard InChI is InChI=1S/C24H27N3O5S/c1-2-18-7-9-19(10-8-18)25-23(28)17-33(30,31)22-15-27(21-6-4-3-5-20(21)22)16-24(29)26-11-13-32-14-12-26/h3-10,15H,2,11-14,16-17H2,1H3,(H,25,28). The van der Waals surface area contributed by atoms with Gasteiger partial charge in [-0.25, -0.2) is 8.42 Å². The third-order valence-electron chi connectivity index (χ3n) is 5.72. The Balaban J connectivity index is 1.54. The zero-order chi connectivity index (χ0) is 23.4. The predicted octanol–water partition coefficient (Wildman–Crippen LogP) is 2.47. The Kier molecular flexibility index (Phi) is 6.80. The number of amides is 2. The number of ether oxygens (including phenoxy) is 1. The average Bonchev–Trinajstić information content (AvgIpc) is 3.19. The molecule has 1 fully saturated rings. The van der Waals surface area contributed by atoms with Gasteiger partial charge in [0.25, 0.3) is 0 Å². The fraction of sp³-hybridized carbons (Fsp3) is 0.333. The molecular formula is C24H27N3O5S. The number of sulfone groups is 1. The normalized spacial score (nSPS) is 14.4. The van der Waals surface area contributed by atoms with E-state index < -0.39 is 21.5 Å². The molecular weight excluding hydrogens is 442 g/mol. The SMILES string of the molecule is CCc1ccc(NC(=O)CS(=O)(=O)c2cn(CC(=O)N3CCOCC3)c3ccccc23)cc1. The lowest BCUT2D eigenvalue weighted by Gasteiger charge is -2.27. The molecule has 2 heterocycles. The lowest BCUT2D eigenvalue weighted by molar-refractivity contribution is -0.135. The summed E-state index contributed by atoms with van der Waals surface area (Å²) >= 11 is 0. The van der Waals surface area contributed by atoms with Crippen LogP contribution in [0, 0.1) is 0 Å². The number of carbonyl (C=O) groups is 2. The van der Waals surface area contributed by atoms with Crippen LogP contribution < -0.4 is 5.32 Å². The first-order chi connectivity index (χ1) is 15.9. The number of nitrogens with zero attached hydrogens (tertiary/aromatic N) is 2. The fourth-order valence-electron chi connectivity index (χ4n) is 3.92. The van der Waals surface area contributed by atoms with Crippen molar-refractivity contribution < 1.29 is 22.7 Å². The fourth-order valence-corrected chi connectivity index (χ4v) is 5.29. The molecule has 2 aromatic carbocycles. The van der Waals surface area contributed by atoms with Crippen LogP contribution in [0.3, 0.4) is 0 Å². The number of fused-ring (bicyclic) bond motifs is 1. The first-order valence-electron chi connectivity index (χ1n) is 10.9. The number of carbonyl (C=O) groups excluding carboxylic acids is 2. The molecule has 8 nitrogen and oxygen atoms in total. The molecule has 3 aromatic rings. The van der Waals surface area contributed by atoms with Crippen molar-refractivity contribution >= 4 is 38.2 Å². The number of morpholine rings is 1. The minimum absolute atomic E-state index is 0.0198. The Morgan fingerprint density at radius 2 is 1.73 bits per heavy atom. The van der Waals surface area contributed by atoms with Crippen LogP contribution in [-0.2, 0) is 37.1 Å². The van der Waals surface area contributed by atoms with Crippen molar-refractivity contribution in [2.45, 2.75) is 24.8 Å². The van der Waals surface area contributed by atoms with Crippen molar-refractivity contribution in [1.29, 1.82) is 0 Å². The number of aryl methyl sites for hydroxylation is 1. The molecule has 0 radical (unpaired) electrons. The van der Waals surface area contributed by atoms with Crippen LogP contribution in [-0.4, -0.2) is 61.8 Å². The van der Waals surface area contributed by atoms with Crippen LogP contribution >= 0.6 is 0 Å². The summed E-state index contributed by atoms with van der Waals surface area (Å²) in [4.78, 5) is 27.0. The summed E-state index contributed by atoms with van der Waals surface area (Å²) in [6, 6.07) is 14.3. The molecule has 1 saturated heterocycles. The first kappa shape index (κ1) is 23.0. The third-order valence-corrected chi connectivity index (χ3v) is 7.36. The number of nitrogens with one attached hydrogen (secondary N) is 1. The van der Waals surface area contributed by atoms with E-state index in [0.717, 1.165) is 12.0 Å². The quantitative estimate of drug-likeness (QED) is 0.573. The molecule has 0 unspecified atom stereocenters. The van der Waals surface area contributed by atoms with Gasteiger partial charge in [0.2, 0.25) is 11.8 Å². The van der Waals surface area contributed by atoms with E-state index in [1.54, 1.807) is 45.9 Å². The van der Waals surface area contributed by atoms with Crippen molar-refractivity contribution in [3.05, 3.63) is 60.3 Å². The van der Waals surface area contributed by atoms with Crippen LogP contribution in [0.4, 0.5) is 5.69 Å². The maximum atomic E-state index is 13.2. The number of hydrogen-bond donors (Lipinski definition) is 1. The molecule has 0 bridgehead atoms. The summed E-state index contributed by atoms with van der Waals surface area (Å²) in [5.41, 5.74) is 2.30. The Hall–Kier alpha value is -3.17. The Bertz CT molecular complexity index is 1260. The minimum Gasteiger partial charge on any atom is -0.378 e. The van der Waals surface area contributed by atoms with E-state index in [1.807, 2.05) is 19.1 Å². The Morgan fingerprint density at radius 1 is 1.03 bits per heavy atom. The van der Waals surface area contributed by atoms with Crippen molar-refractivity contribution in [3.8, 4) is 0 Å². The van der Waals surface area contributed by atoms with E-state index in [0.29, 0.717) is 42.9 Å². The van der Waals surface area contributed by atoms with Crippen LogP contribution in [0.1, 0.15) is 12.5 Å². The number of rotatable bonds is 7. The smallest absolute Gasteiger partial charge is 0.242 e. The number of hydrogen-bond acceptors (Lipinski definition) is 5. The zero-order valence-electron chi connectivity index (χ0n) is 18.5. The van der Waals surface area contributed by atoms with Gasteiger partial charge in [-0.1, -0.05) is 37.3 Å². The summed E-state index contributed by atoms with van der Waals surface area (Å²) in [7, 11) is -3.94. The minimum atomic E-state index is -3.94. The first-order valence-corrected chi connectivity index (χ1v) is 12.6. The van der Waals surface area contributed by atoms with E-state index >= 15 is 0 Å². The van der Waals surface area contributed by atoms with Gasteiger partial charge in [0.15, 0.2) is 9.84 Å². The molecule has 2 amide bonds. The summed E-state index contributed by atoms with van der Waals surface area (Å²) in [5.74, 6) is -1.40. The van der Waals surface area contributed by atoms with Crippen molar-refractivity contribution in [2.24, 2.45) is 0 Å². The highest BCUT2D eigenvalue weighted by molar-refractivity contribution is 7.92. The van der Waals surface area contributed by atoms with Crippen LogP contribution in [0.2, 0.25) is 0 Å². The van der Waals surface area contributed by atoms with E-state index in [9.17, 15) is 18.0 Å². The van der Waals surface area contributed by atoms with Gasteiger partial charge in [-0.05, 0) is 30.2 Å². The highest BCUT2D eigenvalue weighted by Gasteiger charge is 2.26. The number of aromatic nitrogens is 1. The average molecular weight is 470 g/mol. The molecule has 4 rings (SSSR count). The number of benzene rings is 2. The molecule has 33 heavy (non-hydrogen) atoms. The molecule has 9 heteroatoms. The molecule has 0 spiro atoms. The van der Waals surface area contributed by atoms with Crippen molar-refractivity contribution in [2.75, 3.05) is 37.4 Å². The number of anilines is 1. The lowest BCUT2D eigenvalue weighted by atomic mass is 10.1. The summed E-state index contributed by atoms with van der Waals surface area (Å²) in [6.07, 6.45) is 2.34. The van der Waals surface area contributed by atoms with Crippen LogP contribution in [0.15, 0.2) is 59.6 Å². The van der Waals surface area contributed by atoms with Gasteiger partial charge in [-0.3, -0.25) is 9.59 Å². The molecule has 0 saturated carbocycles. The monoisotopic (exact) mass is 469 g/mol. The van der Waals surface area contributed by atoms with E-state index in [1.165, 1.54) is 6.20 Å². The summed E-state index contributed by atoms with van der Waals surface area (Å²) in [6.45, 7) is 4.07. The van der Waals surface area contributed by atoms with Gasteiger partial charge in [-0.15, -0.1) is 0 Å². The maximum absolute atomic E-state index is 13.2. The molecule has 174 valence electrons. The maximum Gasteiger partial charge on any atom is 0.242 e. The molecule has 0 aliphatic carbocycles. The van der Waals surface area contributed by atoms with Gasteiger partial charge in [0.05, 0.1) is 18.1 Å². The van der Waals surface area contributed by atoms with Gasteiger partial charge in [0.1, 0.15) is 12.3 Å². The largest absolute Gasteiger partial charge is 0.378 e. The highest BCUT2D eigenvalue weighted by Crippen LogP contribution is 2.27. The molecule has 1 aliphatic rings. The topological polar surface area (TPSA) is 97.7 Å². The van der Waals surface area contributed by atoms with Gasteiger partial charge < -0.3 is 19.5 Å². The van der Waals surface area contributed by atoms with Gasteiger partial charge in [0, 0.05) is 35.9 Å². The van der Waals surface area contributed by atoms with Crippen LogP contribution in [0.25, 0.3) is 10.9 Å². The molecule has 1 aromatic heterocycles. The molecule has 1 N–H and O–H groups in total. The Labute approximate surface area is 193 Å². The zero-order valence-corrected chi connectivity index (χ0v) is 19.3. The highest BCUT2D eigenvalue weighted by atomic mass is 32.2. The van der Waals surface area contributed by atoms with Crippen molar-refractivity contribution in [3.63, 3.8) is 0 Å². The second-order valence-corrected chi connectivity index (χ2v) is 9.95. The summed E-state index contributed by atoms with van der Waals surface area (Å²) in [5, 5.41) is 3.14. The number of para-hydroxylation sites is 1. The lowest BCUT2D eigenvalue weighted by Crippen LogP contribution is -2.42. The second-order valence-electron chi connectivity index (χ2n) is 7.99. The van der Waals surface area contributed by atoms with Crippen LogP contribution in [0.5, 0.6) is 0 Å². The molecule has 0 atom stereocenters. The van der Waals surface area contributed by atoms with E-state index in [4.69, 9.17) is 4.74 Å². The third kappa shape index (κ3) is 5.26. The second kappa shape index (κ2) is 9.76. The van der Waals surface area contributed by atoms with Gasteiger partial charge >= 0.3 is 0 Å². The van der Waals surface area contributed by atoms with E-state index in [-0.39, 0.29) is 17.3 Å². The van der Waals surface area contributed by atoms with Crippen molar-refractivity contribution in [1.82, 2.24) is 9.47 Å². The molecule has 1 aliphatic heterocycles.